The fourth-order valence-electron chi connectivity index (χ4n) is 10.5. The molecule has 0 spiro atoms. The SMILES string of the molecule is COC(=O)CC[C@H](C)[C@@H]1CC[C@@H]2[C@@H]3CC[C@@H]4C[C@@H](OC(=O)c5ccccc5)CC[C@]4(C)[C@H]3C[C@H](Oc3ccccc3)[C@@]21C. The van der Waals surface area contributed by atoms with Crippen LogP contribution in [0.3, 0.4) is 0 Å². The predicted molar refractivity (Wildman–Crippen MR) is 168 cm³/mol. The molecule has 2 aromatic carbocycles. The fourth-order valence-corrected chi connectivity index (χ4v) is 10.5. The standard InChI is InChI=1S/C38H50O5/c1-25(15-20-35(39)41-4)31-18-19-32-30-17-16-27-23-29(43-36(40)26-11-7-5-8-12-26)21-22-37(27,2)33(30)24-34(38(31,32)3)42-28-13-9-6-10-14-28/h5-14,25,27,29-34H,15-24H2,1-4H3/t25-,27+,29-,30-,31-,32+,33-,34-,37-,38+/m0/s1. The van der Waals surface area contributed by atoms with Crippen molar-refractivity contribution in [2.75, 3.05) is 7.11 Å². The summed E-state index contributed by atoms with van der Waals surface area (Å²) in [6, 6.07) is 19.8. The van der Waals surface area contributed by atoms with Gasteiger partial charge in [-0.1, -0.05) is 57.2 Å². The van der Waals surface area contributed by atoms with Gasteiger partial charge in [-0.3, -0.25) is 4.79 Å². The molecule has 5 heteroatoms. The molecular formula is C38H50O5. The maximum atomic E-state index is 12.9. The topological polar surface area (TPSA) is 61.8 Å². The van der Waals surface area contributed by atoms with Gasteiger partial charge in [0.2, 0.25) is 0 Å². The van der Waals surface area contributed by atoms with E-state index < -0.39 is 0 Å². The second kappa shape index (κ2) is 12.3. The number of carbonyl (C=O) groups excluding carboxylic acids is 2. The molecule has 6 rings (SSSR count). The van der Waals surface area contributed by atoms with E-state index in [2.05, 4.69) is 51.1 Å². The average Bonchev–Trinajstić information content (AvgIpc) is 3.39. The molecular weight excluding hydrogens is 536 g/mol. The van der Waals surface area contributed by atoms with Crippen molar-refractivity contribution in [3.63, 3.8) is 0 Å². The predicted octanol–water partition coefficient (Wildman–Crippen LogP) is 8.52. The van der Waals surface area contributed by atoms with Crippen LogP contribution < -0.4 is 4.74 Å². The number of rotatable bonds is 8. The summed E-state index contributed by atoms with van der Waals surface area (Å²) < 4.78 is 18.1. The summed E-state index contributed by atoms with van der Waals surface area (Å²) in [7, 11) is 1.49. The molecule has 0 aliphatic heterocycles. The van der Waals surface area contributed by atoms with Crippen molar-refractivity contribution < 1.29 is 23.8 Å². The van der Waals surface area contributed by atoms with E-state index >= 15 is 0 Å². The molecule has 0 aromatic heterocycles. The molecule has 4 fully saturated rings. The largest absolute Gasteiger partial charge is 0.490 e. The lowest BCUT2D eigenvalue weighted by Crippen LogP contribution is -2.60. The number of hydrogen-bond donors (Lipinski definition) is 0. The smallest absolute Gasteiger partial charge is 0.338 e. The minimum absolute atomic E-state index is 0.000857. The molecule has 4 aliphatic rings. The van der Waals surface area contributed by atoms with Crippen LogP contribution >= 0.6 is 0 Å². The van der Waals surface area contributed by atoms with Crippen molar-refractivity contribution in [1.29, 1.82) is 0 Å². The van der Waals surface area contributed by atoms with Gasteiger partial charge >= 0.3 is 11.9 Å². The molecule has 0 radical (unpaired) electrons. The second-order valence-electron chi connectivity index (χ2n) is 14.6. The Labute approximate surface area is 258 Å². The van der Waals surface area contributed by atoms with Gasteiger partial charge in [0.1, 0.15) is 18.0 Å². The van der Waals surface area contributed by atoms with Gasteiger partial charge in [-0.2, -0.15) is 0 Å². The van der Waals surface area contributed by atoms with Crippen LogP contribution in [0.1, 0.15) is 95.3 Å². The number of para-hydroxylation sites is 1. The first-order valence-electron chi connectivity index (χ1n) is 16.8. The molecule has 0 bridgehead atoms. The first-order valence-corrected chi connectivity index (χ1v) is 16.8. The van der Waals surface area contributed by atoms with E-state index in [0.29, 0.717) is 47.5 Å². The summed E-state index contributed by atoms with van der Waals surface area (Å²) in [6.07, 6.45) is 10.5. The zero-order valence-corrected chi connectivity index (χ0v) is 26.5. The van der Waals surface area contributed by atoms with Crippen molar-refractivity contribution in [2.24, 2.45) is 46.3 Å². The van der Waals surface area contributed by atoms with Crippen molar-refractivity contribution in [3.05, 3.63) is 66.2 Å². The van der Waals surface area contributed by atoms with Gasteiger partial charge in [-0.25, -0.2) is 4.79 Å². The van der Waals surface area contributed by atoms with Gasteiger partial charge in [-0.05, 0) is 123 Å². The Hall–Kier alpha value is -2.82. The third-order valence-corrected chi connectivity index (χ3v) is 12.8. The van der Waals surface area contributed by atoms with E-state index in [1.54, 1.807) is 0 Å². The summed E-state index contributed by atoms with van der Waals surface area (Å²) in [6.45, 7) is 7.43. The monoisotopic (exact) mass is 586 g/mol. The van der Waals surface area contributed by atoms with Gasteiger partial charge < -0.3 is 14.2 Å². The number of hydrogen-bond acceptors (Lipinski definition) is 5. The Kier molecular flexibility index (Phi) is 8.63. The third kappa shape index (κ3) is 5.62. The normalized spacial score (nSPS) is 37.3. The highest BCUT2D eigenvalue weighted by atomic mass is 16.5. The Morgan fingerprint density at radius 2 is 1.60 bits per heavy atom. The van der Waals surface area contributed by atoms with Crippen LogP contribution in [0.2, 0.25) is 0 Å². The van der Waals surface area contributed by atoms with Crippen LogP contribution in [0.15, 0.2) is 60.7 Å². The lowest BCUT2D eigenvalue weighted by atomic mass is 9.43. The van der Waals surface area contributed by atoms with Gasteiger partial charge in [-0.15, -0.1) is 0 Å². The lowest BCUT2D eigenvalue weighted by molar-refractivity contribution is -0.168. The maximum absolute atomic E-state index is 12.9. The summed E-state index contributed by atoms with van der Waals surface area (Å²) in [5.74, 6) is 4.12. The molecule has 5 nitrogen and oxygen atoms in total. The molecule has 0 unspecified atom stereocenters. The fraction of sp³-hybridized carbons (Fsp3) is 0.632. The number of methoxy groups -OCH3 is 1. The second-order valence-corrected chi connectivity index (χ2v) is 14.6. The van der Waals surface area contributed by atoms with Crippen LogP contribution in [0.5, 0.6) is 5.75 Å². The summed E-state index contributed by atoms with van der Waals surface area (Å²) in [4.78, 5) is 24.9. The highest BCUT2D eigenvalue weighted by Crippen LogP contribution is 2.69. The minimum Gasteiger partial charge on any atom is -0.490 e. The average molecular weight is 587 g/mol. The van der Waals surface area contributed by atoms with Crippen LogP contribution in [0.4, 0.5) is 0 Å². The molecule has 0 saturated heterocycles. The summed E-state index contributed by atoms with van der Waals surface area (Å²) >= 11 is 0. The molecule has 2 aromatic rings. The molecule has 0 heterocycles. The first kappa shape index (κ1) is 30.2. The molecule has 0 N–H and O–H groups in total. The Balaban J connectivity index is 1.23. The molecule has 4 saturated carbocycles. The quantitative estimate of drug-likeness (QED) is 0.290. The molecule has 43 heavy (non-hydrogen) atoms. The third-order valence-electron chi connectivity index (χ3n) is 12.8. The van der Waals surface area contributed by atoms with Crippen molar-refractivity contribution in [3.8, 4) is 5.75 Å². The van der Waals surface area contributed by atoms with E-state index in [9.17, 15) is 9.59 Å². The van der Waals surface area contributed by atoms with Crippen LogP contribution in [0, 0.1) is 46.3 Å². The van der Waals surface area contributed by atoms with Crippen LogP contribution in [-0.2, 0) is 14.3 Å². The van der Waals surface area contributed by atoms with Gasteiger partial charge in [0.25, 0.3) is 0 Å². The number of benzene rings is 2. The number of fused-ring (bicyclic) bond motifs is 5. The highest BCUT2D eigenvalue weighted by molar-refractivity contribution is 5.89. The Morgan fingerprint density at radius 1 is 0.884 bits per heavy atom. The molecule has 10 atom stereocenters. The lowest BCUT2D eigenvalue weighted by Gasteiger charge is -2.63. The number of carbonyl (C=O) groups is 2. The van der Waals surface area contributed by atoms with Crippen molar-refractivity contribution in [2.45, 2.75) is 97.2 Å². The van der Waals surface area contributed by atoms with Gasteiger partial charge in [0, 0.05) is 11.8 Å². The summed E-state index contributed by atoms with van der Waals surface area (Å²) in [5, 5.41) is 0. The zero-order chi connectivity index (χ0) is 30.2. The van der Waals surface area contributed by atoms with E-state index in [1.165, 1.54) is 32.8 Å². The number of ether oxygens (including phenoxy) is 3. The van der Waals surface area contributed by atoms with E-state index in [4.69, 9.17) is 14.2 Å². The summed E-state index contributed by atoms with van der Waals surface area (Å²) in [5.41, 5.74) is 0.939. The number of esters is 2. The van der Waals surface area contributed by atoms with E-state index in [-0.39, 0.29) is 35.0 Å². The van der Waals surface area contributed by atoms with Gasteiger partial charge in [0.05, 0.1) is 12.7 Å². The van der Waals surface area contributed by atoms with E-state index in [1.807, 2.05) is 30.3 Å². The Bertz CT molecular complexity index is 1260. The highest BCUT2D eigenvalue weighted by Gasteiger charge is 2.65. The molecule has 4 aliphatic carbocycles. The van der Waals surface area contributed by atoms with Crippen molar-refractivity contribution in [1.82, 2.24) is 0 Å². The zero-order valence-electron chi connectivity index (χ0n) is 26.5. The van der Waals surface area contributed by atoms with Crippen LogP contribution in [0.25, 0.3) is 0 Å². The minimum atomic E-state index is -0.189. The van der Waals surface area contributed by atoms with Crippen molar-refractivity contribution >= 4 is 11.9 Å². The maximum Gasteiger partial charge on any atom is 0.338 e. The van der Waals surface area contributed by atoms with E-state index in [0.717, 1.165) is 37.9 Å². The van der Waals surface area contributed by atoms with Gasteiger partial charge in [0.15, 0.2) is 0 Å². The van der Waals surface area contributed by atoms with Crippen LogP contribution in [-0.4, -0.2) is 31.3 Å². The first-order chi connectivity index (χ1) is 20.7. The molecule has 0 amide bonds. The molecule has 232 valence electrons. The Morgan fingerprint density at radius 3 is 2.33 bits per heavy atom.